The van der Waals surface area contributed by atoms with Gasteiger partial charge in [0.15, 0.2) is 0 Å². The molecule has 1 heterocycles. The fraction of sp³-hybridized carbons (Fsp3) is 0.400. The van der Waals surface area contributed by atoms with Crippen molar-refractivity contribution in [2.45, 2.75) is 33.7 Å². The Labute approximate surface area is 114 Å². The molecule has 0 unspecified atom stereocenters. The van der Waals surface area contributed by atoms with E-state index < -0.39 is 0 Å². The smallest absolute Gasteiger partial charge is 0.131 e. The topological polar surface area (TPSA) is 53.1 Å². The maximum atomic E-state index is 6.19. The maximum absolute atomic E-state index is 6.19. The molecule has 19 heavy (non-hydrogen) atoms. The fourth-order valence-electron chi connectivity index (χ4n) is 2.18. The van der Waals surface area contributed by atoms with E-state index in [1.54, 1.807) is 0 Å². The molecule has 0 aliphatic carbocycles. The first kappa shape index (κ1) is 13.5. The van der Waals surface area contributed by atoms with Crippen molar-refractivity contribution in [2.75, 3.05) is 12.3 Å². The van der Waals surface area contributed by atoms with Gasteiger partial charge in [-0.2, -0.15) is 0 Å². The number of hydrogen-bond acceptors (Lipinski definition) is 3. The van der Waals surface area contributed by atoms with Gasteiger partial charge in [-0.15, -0.1) is 0 Å². The van der Waals surface area contributed by atoms with Gasteiger partial charge in [0.25, 0.3) is 0 Å². The summed E-state index contributed by atoms with van der Waals surface area (Å²) in [6.07, 6.45) is 1.05. The van der Waals surface area contributed by atoms with Crippen molar-refractivity contribution in [3.05, 3.63) is 30.1 Å². The summed E-state index contributed by atoms with van der Waals surface area (Å²) in [5.74, 6) is 2.57. The molecule has 2 aromatic rings. The molecule has 0 fully saturated rings. The number of benzene rings is 1. The van der Waals surface area contributed by atoms with Crippen molar-refractivity contribution < 1.29 is 4.74 Å². The number of hydrogen-bond donors (Lipinski definition) is 1. The van der Waals surface area contributed by atoms with Crippen molar-refractivity contribution in [2.24, 2.45) is 0 Å². The molecule has 0 atom stereocenters. The van der Waals surface area contributed by atoms with Gasteiger partial charge in [0.2, 0.25) is 0 Å². The highest BCUT2D eigenvalue weighted by molar-refractivity contribution is 5.71. The monoisotopic (exact) mass is 259 g/mol. The van der Waals surface area contributed by atoms with Crippen LogP contribution in [0.2, 0.25) is 0 Å². The largest absolute Gasteiger partial charge is 0.494 e. The molecule has 4 heteroatoms. The van der Waals surface area contributed by atoms with E-state index in [0.29, 0.717) is 6.61 Å². The molecule has 102 valence electrons. The number of rotatable bonds is 5. The maximum Gasteiger partial charge on any atom is 0.131 e. The number of ether oxygens (including phenoxy) is 1. The summed E-state index contributed by atoms with van der Waals surface area (Å²) < 4.78 is 7.50. The Balaban J connectivity index is 2.33. The predicted molar refractivity (Wildman–Crippen MR) is 78.3 cm³/mol. The van der Waals surface area contributed by atoms with E-state index in [4.69, 9.17) is 10.5 Å². The normalized spacial score (nSPS) is 10.7. The average Bonchev–Trinajstić information content (AvgIpc) is 2.69. The molecule has 0 aliphatic heterocycles. The van der Waals surface area contributed by atoms with Gasteiger partial charge in [-0.25, -0.2) is 4.98 Å². The van der Waals surface area contributed by atoms with Crippen LogP contribution in [0.15, 0.2) is 24.3 Å². The lowest BCUT2D eigenvalue weighted by Crippen LogP contribution is -2.04. The summed E-state index contributed by atoms with van der Waals surface area (Å²) in [6, 6.07) is 7.90. The first-order valence-electron chi connectivity index (χ1n) is 6.73. The quantitative estimate of drug-likeness (QED) is 0.896. The lowest BCUT2D eigenvalue weighted by atomic mass is 10.1. The number of imidazole rings is 1. The zero-order valence-electron chi connectivity index (χ0n) is 11.8. The molecule has 0 amide bonds. The lowest BCUT2D eigenvalue weighted by molar-refractivity contribution is 0.340. The van der Waals surface area contributed by atoms with Crippen LogP contribution in [0.1, 0.15) is 26.1 Å². The molecule has 1 aromatic carbocycles. The summed E-state index contributed by atoms with van der Waals surface area (Å²) in [5, 5.41) is 0. The number of aryl methyl sites for hydroxylation is 1. The summed E-state index contributed by atoms with van der Waals surface area (Å²) >= 11 is 0. The summed E-state index contributed by atoms with van der Waals surface area (Å²) in [5.41, 5.74) is 8.07. The summed E-state index contributed by atoms with van der Waals surface area (Å²) in [4.78, 5) is 4.57. The molecular weight excluding hydrogens is 238 g/mol. The molecular formula is C15H21N3O. The van der Waals surface area contributed by atoms with Crippen molar-refractivity contribution in [3.8, 4) is 17.0 Å². The highest BCUT2D eigenvalue weighted by atomic mass is 16.5. The van der Waals surface area contributed by atoms with E-state index >= 15 is 0 Å². The van der Waals surface area contributed by atoms with Crippen LogP contribution in [-0.2, 0) is 6.54 Å². The van der Waals surface area contributed by atoms with Crippen molar-refractivity contribution in [3.63, 3.8) is 0 Å². The second-order valence-electron chi connectivity index (χ2n) is 4.50. The minimum absolute atomic E-state index is 0.672. The zero-order valence-corrected chi connectivity index (χ0v) is 11.8. The number of nitrogens with zero attached hydrogens (tertiary/aromatic N) is 2. The molecule has 0 saturated heterocycles. The Morgan fingerprint density at radius 1 is 1.21 bits per heavy atom. The van der Waals surface area contributed by atoms with Crippen LogP contribution >= 0.6 is 0 Å². The second kappa shape index (κ2) is 5.78. The van der Waals surface area contributed by atoms with Crippen molar-refractivity contribution >= 4 is 5.82 Å². The Bertz CT molecular complexity index is 543. The Morgan fingerprint density at radius 2 is 1.89 bits per heavy atom. The van der Waals surface area contributed by atoms with Gasteiger partial charge in [-0.3, -0.25) is 0 Å². The molecule has 0 saturated carbocycles. The third-order valence-electron chi connectivity index (χ3n) is 3.08. The van der Waals surface area contributed by atoms with Gasteiger partial charge in [-0.1, -0.05) is 6.92 Å². The molecule has 0 spiro atoms. The third kappa shape index (κ3) is 2.72. The first-order chi connectivity index (χ1) is 9.17. The lowest BCUT2D eigenvalue weighted by Gasteiger charge is -2.06. The van der Waals surface area contributed by atoms with Gasteiger partial charge in [0.1, 0.15) is 23.1 Å². The van der Waals surface area contributed by atoms with Gasteiger partial charge in [0.05, 0.1) is 6.61 Å². The number of nitrogens with two attached hydrogens (primary N) is 1. The number of aromatic nitrogens is 2. The van der Waals surface area contributed by atoms with E-state index in [2.05, 4.69) is 16.5 Å². The summed E-state index contributed by atoms with van der Waals surface area (Å²) in [7, 11) is 0. The van der Waals surface area contributed by atoms with Crippen LogP contribution in [0.5, 0.6) is 5.75 Å². The Kier molecular flexibility index (Phi) is 4.10. The van der Waals surface area contributed by atoms with Crippen molar-refractivity contribution in [1.29, 1.82) is 0 Å². The highest BCUT2D eigenvalue weighted by Crippen LogP contribution is 2.28. The molecule has 0 aliphatic rings. The van der Waals surface area contributed by atoms with Crippen LogP contribution in [0, 0.1) is 6.92 Å². The fourth-order valence-corrected chi connectivity index (χ4v) is 2.18. The molecule has 0 bridgehead atoms. The van der Waals surface area contributed by atoms with E-state index in [-0.39, 0.29) is 0 Å². The molecule has 1 aromatic heterocycles. The van der Waals surface area contributed by atoms with Crippen LogP contribution in [-0.4, -0.2) is 16.2 Å². The van der Waals surface area contributed by atoms with Gasteiger partial charge < -0.3 is 15.0 Å². The van der Waals surface area contributed by atoms with Gasteiger partial charge >= 0.3 is 0 Å². The molecule has 0 radical (unpaired) electrons. The van der Waals surface area contributed by atoms with E-state index in [1.165, 1.54) is 0 Å². The van der Waals surface area contributed by atoms with E-state index in [9.17, 15) is 0 Å². The minimum Gasteiger partial charge on any atom is -0.494 e. The van der Waals surface area contributed by atoms with Gasteiger partial charge in [0, 0.05) is 12.1 Å². The summed E-state index contributed by atoms with van der Waals surface area (Å²) in [6.45, 7) is 7.68. The van der Waals surface area contributed by atoms with E-state index in [1.807, 2.05) is 38.1 Å². The Hall–Kier alpha value is -1.97. The van der Waals surface area contributed by atoms with Crippen molar-refractivity contribution in [1.82, 2.24) is 9.55 Å². The van der Waals surface area contributed by atoms with E-state index in [0.717, 1.165) is 41.6 Å². The van der Waals surface area contributed by atoms with Gasteiger partial charge in [-0.05, 0) is 44.5 Å². The first-order valence-corrected chi connectivity index (χ1v) is 6.73. The van der Waals surface area contributed by atoms with Crippen LogP contribution in [0.25, 0.3) is 11.3 Å². The highest BCUT2D eigenvalue weighted by Gasteiger charge is 2.12. The average molecular weight is 259 g/mol. The molecule has 2 rings (SSSR count). The van der Waals surface area contributed by atoms with Crippen LogP contribution in [0.3, 0.4) is 0 Å². The molecule has 2 N–H and O–H groups in total. The number of nitrogen functional groups attached to an aromatic ring is 1. The number of anilines is 1. The Morgan fingerprint density at radius 3 is 2.47 bits per heavy atom. The standard InChI is InChI=1S/C15H21N3O/c1-4-10-18-11(3)17-14(15(18)16)12-6-8-13(9-7-12)19-5-2/h6-9H,4-5,10,16H2,1-3H3. The molecule has 4 nitrogen and oxygen atoms in total. The zero-order chi connectivity index (χ0) is 13.8. The SMILES string of the molecule is CCCn1c(C)nc(-c2ccc(OCC)cc2)c1N. The minimum atomic E-state index is 0.672. The van der Waals surface area contributed by atoms with Crippen LogP contribution in [0.4, 0.5) is 5.82 Å². The van der Waals surface area contributed by atoms with Crippen LogP contribution < -0.4 is 10.5 Å². The predicted octanol–water partition coefficient (Wildman–Crippen LogP) is 3.25. The third-order valence-corrected chi connectivity index (χ3v) is 3.08. The second-order valence-corrected chi connectivity index (χ2v) is 4.50.